The van der Waals surface area contributed by atoms with E-state index in [2.05, 4.69) is 10.6 Å². The summed E-state index contributed by atoms with van der Waals surface area (Å²) in [6.07, 6.45) is 0. The SMILES string of the molecule is COc1ccc(NC(=O)CNc2cc(F)ccc2C)c(OC)c1. The molecule has 0 radical (unpaired) electrons. The van der Waals surface area contributed by atoms with Gasteiger partial charge in [0.15, 0.2) is 0 Å². The lowest BCUT2D eigenvalue weighted by molar-refractivity contribution is -0.114. The molecular weight excluding hydrogens is 299 g/mol. The monoisotopic (exact) mass is 318 g/mol. The highest BCUT2D eigenvalue weighted by molar-refractivity contribution is 5.95. The predicted molar refractivity (Wildman–Crippen MR) is 87.8 cm³/mol. The fraction of sp³-hybridized carbons (Fsp3) is 0.235. The van der Waals surface area contributed by atoms with E-state index < -0.39 is 0 Å². The van der Waals surface area contributed by atoms with Gasteiger partial charge in [0.2, 0.25) is 5.91 Å². The lowest BCUT2D eigenvalue weighted by atomic mass is 10.2. The van der Waals surface area contributed by atoms with Gasteiger partial charge in [0.05, 0.1) is 26.5 Å². The van der Waals surface area contributed by atoms with Crippen molar-refractivity contribution >= 4 is 17.3 Å². The van der Waals surface area contributed by atoms with Crippen molar-refractivity contribution in [3.8, 4) is 11.5 Å². The molecule has 2 rings (SSSR count). The molecule has 0 saturated carbocycles. The first-order valence-corrected chi connectivity index (χ1v) is 7.05. The summed E-state index contributed by atoms with van der Waals surface area (Å²) in [4.78, 5) is 12.1. The first-order valence-electron chi connectivity index (χ1n) is 7.05. The number of carbonyl (C=O) groups excluding carboxylic acids is 1. The predicted octanol–water partition coefficient (Wildman–Crippen LogP) is 3.20. The average molecular weight is 318 g/mol. The Hall–Kier alpha value is -2.76. The average Bonchev–Trinajstić information content (AvgIpc) is 2.56. The Kier molecular flexibility index (Phi) is 5.41. The quantitative estimate of drug-likeness (QED) is 0.859. The van der Waals surface area contributed by atoms with Gasteiger partial charge in [-0.2, -0.15) is 0 Å². The van der Waals surface area contributed by atoms with Gasteiger partial charge < -0.3 is 20.1 Å². The summed E-state index contributed by atoms with van der Waals surface area (Å²) >= 11 is 0. The lowest BCUT2D eigenvalue weighted by Gasteiger charge is -2.13. The number of aryl methyl sites for hydroxylation is 1. The number of benzene rings is 2. The number of amides is 1. The molecule has 122 valence electrons. The zero-order valence-corrected chi connectivity index (χ0v) is 13.3. The van der Waals surface area contributed by atoms with Crippen LogP contribution in [0.15, 0.2) is 36.4 Å². The number of nitrogens with one attached hydrogen (secondary N) is 2. The van der Waals surface area contributed by atoms with Crippen molar-refractivity contribution in [1.29, 1.82) is 0 Å². The maximum atomic E-state index is 13.2. The minimum absolute atomic E-state index is 0.0134. The maximum Gasteiger partial charge on any atom is 0.243 e. The molecule has 1 amide bonds. The van der Waals surface area contributed by atoms with Crippen molar-refractivity contribution in [3.05, 3.63) is 47.8 Å². The molecule has 0 aliphatic rings. The number of ether oxygens (including phenoxy) is 2. The molecule has 2 N–H and O–H groups in total. The van der Waals surface area contributed by atoms with E-state index >= 15 is 0 Å². The van der Waals surface area contributed by atoms with Crippen LogP contribution in [0.25, 0.3) is 0 Å². The van der Waals surface area contributed by atoms with E-state index in [4.69, 9.17) is 9.47 Å². The summed E-state index contributed by atoms with van der Waals surface area (Å²) in [6.45, 7) is 1.85. The van der Waals surface area contributed by atoms with Gasteiger partial charge in [-0.3, -0.25) is 4.79 Å². The minimum atomic E-state index is -0.352. The Morgan fingerprint density at radius 1 is 1.09 bits per heavy atom. The van der Waals surface area contributed by atoms with E-state index in [1.807, 2.05) is 6.92 Å². The molecule has 23 heavy (non-hydrogen) atoms. The highest BCUT2D eigenvalue weighted by Gasteiger charge is 2.09. The van der Waals surface area contributed by atoms with E-state index in [0.717, 1.165) is 5.56 Å². The number of rotatable bonds is 6. The Labute approximate surface area is 134 Å². The van der Waals surface area contributed by atoms with E-state index in [9.17, 15) is 9.18 Å². The summed E-state index contributed by atoms with van der Waals surface area (Å²) < 4.78 is 23.5. The number of carbonyl (C=O) groups is 1. The number of anilines is 2. The van der Waals surface area contributed by atoms with Crippen LogP contribution in [0.3, 0.4) is 0 Å². The van der Waals surface area contributed by atoms with Crippen LogP contribution >= 0.6 is 0 Å². The van der Waals surface area contributed by atoms with E-state index in [1.165, 1.54) is 19.2 Å². The topological polar surface area (TPSA) is 59.6 Å². The molecule has 5 nitrogen and oxygen atoms in total. The summed E-state index contributed by atoms with van der Waals surface area (Å²) in [5.41, 5.74) is 1.99. The summed E-state index contributed by atoms with van der Waals surface area (Å²) in [5, 5.41) is 5.66. The molecule has 6 heteroatoms. The Balaban J connectivity index is 2.01. The number of hydrogen-bond acceptors (Lipinski definition) is 4. The van der Waals surface area contributed by atoms with Crippen LogP contribution in [-0.4, -0.2) is 26.7 Å². The summed E-state index contributed by atoms with van der Waals surface area (Å²) in [7, 11) is 3.07. The van der Waals surface area contributed by atoms with Gasteiger partial charge in [0.25, 0.3) is 0 Å². The fourth-order valence-electron chi connectivity index (χ4n) is 2.06. The van der Waals surface area contributed by atoms with Crippen molar-refractivity contribution in [3.63, 3.8) is 0 Å². The van der Waals surface area contributed by atoms with E-state index in [-0.39, 0.29) is 18.3 Å². The second-order valence-corrected chi connectivity index (χ2v) is 4.93. The maximum absolute atomic E-state index is 13.2. The smallest absolute Gasteiger partial charge is 0.243 e. The third-order valence-corrected chi connectivity index (χ3v) is 3.32. The molecule has 0 aromatic heterocycles. The lowest BCUT2D eigenvalue weighted by Crippen LogP contribution is -2.22. The largest absolute Gasteiger partial charge is 0.497 e. The number of hydrogen-bond donors (Lipinski definition) is 2. The number of halogens is 1. The normalized spacial score (nSPS) is 10.1. The molecular formula is C17H19FN2O3. The van der Waals surface area contributed by atoms with Gasteiger partial charge >= 0.3 is 0 Å². The molecule has 0 unspecified atom stereocenters. The van der Waals surface area contributed by atoms with Crippen LogP contribution in [0.2, 0.25) is 0 Å². The highest BCUT2D eigenvalue weighted by atomic mass is 19.1. The van der Waals surface area contributed by atoms with Crippen molar-refractivity contribution < 1.29 is 18.7 Å². The Morgan fingerprint density at radius 2 is 1.87 bits per heavy atom. The van der Waals surface area contributed by atoms with Crippen LogP contribution in [0.5, 0.6) is 11.5 Å². The molecule has 0 aliphatic heterocycles. The zero-order valence-electron chi connectivity index (χ0n) is 13.3. The standard InChI is InChI=1S/C17H19FN2O3/c1-11-4-5-12(18)8-15(11)19-10-17(21)20-14-7-6-13(22-2)9-16(14)23-3/h4-9,19H,10H2,1-3H3,(H,20,21). The molecule has 2 aromatic rings. The molecule has 0 bridgehead atoms. The van der Waals surface area contributed by atoms with Gasteiger partial charge in [0.1, 0.15) is 17.3 Å². The van der Waals surface area contributed by atoms with Crippen LogP contribution in [0.1, 0.15) is 5.56 Å². The van der Waals surface area contributed by atoms with Gasteiger partial charge in [-0.05, 0) is 36.8 Å². The van der Waals surface area contributed by atoms with E-state index in [0.29, 0.717) is 22.9 Å². The zero-order chi connectivity index (χ0) is 16.8. The first-order chi connectivity index (χ1) is 11.0. The van der Waals surface area contributed by atoms with Crippen molar-refractivity contribution in [2.75, 3.05) is 31.4 Å². The molecule has 0 heterocycles. The van der Waals surface area contributed by atoms with Gasteiger partial charge in [0, 0.05) is 11.8 Å². The fourth-order valence-corrected chi connectivity index (χ4v) is 2.06. The highest BCUT2D eigenvalue weighted by Crippen LogP contribution is 2.28. The third-order valence-electron chi connectivity index (χ3n) is 3.32. The summed E-state index contributed by atoms with van der Waals surface area (Å²) in [6, 6.07) is 9.49. The first kappa shape index (κ1) is 16.6. The van der Waals surface area contributed by atoms with Crippen LogP contribution < -0.4 is 20.1 Å². The minimum Gasteiger partial charge on any atom is -0.497 e. The molecule has 0 fully saturated rings. The molecule has 0 spiro atoms. The van der Waals surface area contributed by atoms with Gasteiger partial charge in [-0.25, -0.2) is 4.39 Å². The molecule has 0 aliphatic carbocycles. The number of methoxy groups -OCH3 is 2. The van der Waals surface area contributed by atoms with Crippen molar-refractivity contribution in [1.82, 2.24) is 0 Å². The van der Waals surface area contributed by atoms with Gasteiger partial charge in [-0.15, -0.1) is 0 Å². The summed E-state index contributed by atoms with van der Waals surface area (Å²) in [5.74, 6) is 0.514. The van der Waals surface area contributed by atoms with Crippen LogP contribution in [0, 0.1) is 12.7 Å². The second-order valence-electron chi connectivity index (χ2n) is 4.93. The third kappa shape index (κ3) is 4.35. The van der Waals surface area contributed by atoms with Crippen LogP contribution in [-0.2, 0) is 4.79 Å². The van der Waals surface area contributed by atoms with Gasteiger partial charge in [-0.1, -0.05) is 6.07 Å². The Bertz CT molecular complexity index is 704. The second kappa shape index (κ2) is 7.49. The van der Waals surface area contributed by atoms with Crippen molar-refractivity contribution in [2.45, 2.75) is 6.92 Å². The molecule has 0 saturated heterocycles. The van der Waals surface area contributed by atoms with Crippen molar-refractivity contribution in [2.24, 2.45) is 0 Å². The van der Waals surface area contributed by atoms with E-state index in [1.54, 1.807) is 31.4 Å². The van der Waals surface area contributed by atoms with Crippen LogP contribution in [0.4, 0.5) is 15.8 Å². The Morgan fingerprint density at radius 3 is 2.57 bits per heavy atom. The molecule has 2 aromatic carbocycles. The molecule has 0 atom stereocenters.